The second-order valence-electron chi connectivity index (χ2n) is 5.31. The van der Waals surface area contributed by atoms with Gasteiger partial charge in [0.2, 0.25) is 0 Å². The summed E-state index contributed by atoms with van der Waals surface area (Å²) in [6.45, 7) is 3.70. The maximum Gasteiger partial charge on any atom is 0.127 e. The Morgan fingerprint density at radius 1 is 1.33 bits per heavy atom. The molecule has 0 aromatic heterocycles. The van der Waals surface area contributed by atoms with Gasteiger partial charge in [0, 0.05) is 34.1 Å². The summed E-state index contributed by atoms with van der Waals surface area (Å²) in [5, 5.41) is 4.31. The quantitative estimate of drug-likeness (QED) is 0.832. The molecule has 21 heavy (non-hydrogen) atoms. The van der Waals surface area contributed by atoms with Crippen molar-refractivity contribution in [1.29, 1.82) is 0 Å². The van der Waals surface area contributed by atoms with E-state index >= 15 is 0 Å². The Bertz CT molecular complexity index is 659. The van der Waals surface area contributed by atoms with Crippen LogP contribution >= 0.6 is 27.5 Å². The van der Waals surface area contributed by atoms with Gasteiger partial charge in [0.05, 0.1) is 6.61 Å². The zero-order chi connectivity index (χ0) is 14.8. The molecule has 3 rings (SSSR count). The van der Waals surface area contributed by atoms with Crippen LogP contribution in [-0.4, -0.2) is 6.61 Å². The van der Waals surface area contributed by atoms with Crippen LogP contribution in [0.5, 0.6) is 5.75 Å². The van der Waals surface area contributed by atoms with Gasteiger partial charge in [-0.2, -0.15) is 0 Å². The Morgan fingerprint density at radius 2 is 2.19 bits per heavy atom. The highest BCUT2D eigenvalue weighted by Gasteiger charge is 2.17. The van der Waals surface area contributed by atoms with E-state index in [-0.39, 0.29) is 6.04 Å². The molecule has 1 heterocycles. The average molecular weight is 367 g/mol. The highest BCUT2D eigenvalue weighted by Crippen LogP contribution is 2.33. The van der Waals surface area contributed by atoms with Gasteiger partial charge in [-0.05, 0) is 42.3 Å². The largest absolute Gasteiger partial charge is 0.493 e. The molecule has 0 fully saturated rings. The smallest absolute Gasteiger partial charge is 0.127 e. The topological polar surface area (TPSA) is 21.3 Å². The molecule has 110 valence electrons. The Balaban J connectivity index is 1.73. The summed E-state index contributed by atoms with van der Waals surface area (Å²) in [7, 11) is 0. The minimum absolute atomic E-state index is 0.236. The normalized spacial score (nSPS) is 14.6. The molecule has 0 amide bonds. The minimum atomic E-state index is 0.236. The molecule has 0 bridgehead atoms. The first kappa shape index (κ1) is 14.9. The molecule has 1 aliphatic rings. The van der Waals surface area contributed by atoms with Crippen molar-refractivity contribution in [2.75, 3.05) is 6.61 Å². The van der Waals surface area contributed by atoms with Gasteiger partial charge in [-0.1, -0.05) is 39.7 Å². The van der Waals surface area contributed by atoms with Gasteiger partial charge in [0.25, 0.3) is 0 Å². The van der Waals surface area contributed by atoms with E-state index in [1.54, 1.807) is 0 Å². The molecule has 0 saturated heterocycles. The number of hydrogen-bond acceptors (Lipinski definition) is 2. The lowest BCUT2D eigenvalue weighted by molar-refractivity contribution is 0.351. The number of hydrogen-bond donors (Lipinski definition) is 1. The number of halogens is 2. The molecule has 1 atom stereocenters. The highest BCUT2D eigenvalue weighted by molar-refractivity contribution is 9.10. The van der Waals surface area contributed by atoms with Crippen LogP contribution < -0.4 is 10.1 Å². The summed E-state index contributed by atoms with van der Waals surface area (Å²) in [5.74, 6) is 1.05. The Morgan fingerprint density at radius 3 is 3.00 bits per heavy atom. The van der Waals surface area contributed by atoms with E-state index in [9.17, 15) is 0 Å². The number of ether oxygens (including phenoxy) is 1. The van der Waals surface area contributed by atoms with Crippen molar-refractivity contribution >= 4 is 27.5 Å². The maximum atomic E-state index is 6.05. The van der Waals surface area contributed by atoms with Crippen molar-refractivity contribution in [2.24, 2.45) is 0 Å². The summed E-state index contributed by atoms with van der Waals surface area (Å²) < 4.78 is 6.87. The van der Waals surface area contributed by atoms with Crippen LogP contribution in [0, 0.1) is 0 Å². The van der Waals surface area contributed by atoms with Crippen molar-refractivity contribution < 1.29 is 4.74 Å². The van der Waals surface area contributed by atoms with Crippen LogP contribution in [0.4, 0.5) is 0 Å². The number of benzene rings is 2. The Kier molecular flexibility index (Phi) is 4.53. The van der Waals surface area contributed by atoms with Gasteiger partial charge < -0.3 is 10.1 Å². The van der Waals surface area contributed by atoms with E-state index in [1.165, 1.54) is 16.7 Å². The average Bonchev–Trinajstić information content (AvgIpc) is 2.92. The van der Waals surface area contributed by atoms with Crippen LogP contribution in [0.3, 0.4) is 0 Å². The second-order valence-corrected chi connectivity index (χ2v) is 6.66. The second kappa shape index (κ2) is 6.39. The van der Waals surface area contributed by atoms with Gasteiger partial charge in [-0.15, -0.1) is 0 Å². The third-order valence-electron chi connectivity index (χ3n) is 3.77. The third kappa shape index (κ3) is 3.42. The first-order valence-corrected chi connectivity index (χ1v) is 8.23. The number of fused-ring (bicyclic) bond motifs is 1. The molecule has 2 aromatic carbocycles. The molecule has 4 heteroatoms. The van der Waals surface area contributed by atoms with Crippen LogP contribution in [-0.2, 0) is 13.0 Å². The fraction of sp³-hybridized carbons (Fsp3) is 0.294. The predicted molar refractivity (Wildman–Crippen MR) is 90.0 cm³/mol. The van der Waals surface area contributed by atoms with E-state index in [4.69, 9.17) is 16.3 Å². The molecule has 0 saturated carbocycles. The molecule has 1 N–H and O–H groups in total. The number of rotatable bonds is 4. The van der Waals surface area contributed by atoms with Gasteiger partial charge in [-0.25, -0.2) is 0 Å². The Hall–Kier alpha value is -1.03. The van der Waals surface area contributed by atoms with E-state index < -0.39 is 0 Å². The third-order valence-corrected chi connectivity index (χ3v) is 4.47. The minimum Gasteiger partial charge on any atom is -0.493 e. The summed E-state index contributed by atoms with van der Waals surface area (Å²) in [4.78, 5) is 0. The van der Waals surface area contributed by atoms with E-state index in [0.29, 0.717) is 0 Å². The highest BCUT2D eigenvalue weighted by atomic mass is 79.9. The lowest BCUT2D eigenvalue weighted by Gasteiger charge is -2.16. The van der Waals surface area contributed by atoms with Crippen LogP contribution in [0.15, 0.2) is 40.9 Å². The van der Waals surface area contributed by atoms with Gasteiger partial charge in [0.15, 0.2) is 0 Å². The monoisotopic (exact) mass is 365 g/mol. The summed E-state index contributed by atoms with van der Waals surface area (Å²) in [6, 6.07) is 12.5. The molecule has 0 aliphatic carbocycles. The summed E-state index contributed by atoms with van der Waals surface area (Å²) in [5.41, 5.74) is 3.68. The first-order chi connectivity index (χ1) is 10.1. The van der Waals surface area contributed by atoms with E-state index in [0.717, 1.165) is 34.8 Å². The van der Waals surface area contributed by atoms with Crippen molar-refractivity contribution in [2.45, 2.75) is 25.9 Å². The Labute approximate surface area is 138 Å². The molecule has 1 aliphatic heterocycles. The van der Waals surface area contributed by atoms with Gasteiger partial charge in [0.1, 0.15) is 5.75 Å². The number of nitrogens with one attached hydrogen (secondary N) is 1. The van der Waals surface area contributed by atoms with Gasteiger partial charge >= 0.3 is 0 Å². The van der Waals surface area contributed by atoms with Crippen molar-refractivity contribution in [3.63, 3.8) is 0 Å². The van der Waals surface area contributed by atoms with Crippen molar-refractivity contribution in [1.82, 2.24) is 5.32 Å². The standard InChI is InChI=1S/C17H17BrClNO/c1-11(12-3-2-4-16(19)9-12)20-10-14-8-15(18)7-13-5-6-21-17(13)14/h2-4,7-9,11,20H,5-6,10H2,1H3. The maximum absolute atomic E-state index is 6.05. The van der Waals surface area contributed by atoms with E-state index in [2.05, 4.69) is 46.4 Å². The van der Waals surface area contributed by atoms with Crippen molar-refractivity contribution in [3.8, 4) is 5.75 Å². The van der Waals surface area contributed by atoms with E-state index in [1.807, 2.05) is 18.2 Å². The molecular weight excluding hydrogens is 350 g/mol. The SMILES string of the molecule is CC(NCc1cc(Br)cc2c1OCC2)c1cccc(Cl)c1. The zero-order valence-electron chi connectivity index (χ0n) is 11.8. The molecule has 1 unspecified atom stereocenters. The van der Waals surface area contributed by atoms with Crippen LogP contribution in [0.2, 0.25) is 5.02 Å². The summed E-state index contributed by atoms with van der Waals surface area (Å²) in [6.07, 6.45) is 0.992. The first-order valence-electron chi connectivity index (χ1n) is 7.06. The zero-order valence-corrected chi connectivity index (χ0v) is 14.2. The van der Waals surface area contributed by atoms with Crippen LogP contribution in [0.25, 0.3) is 0 Å². The fourth-order valence-corrected chi connectivity index (χ4v) is 3.39. The molecule has 2 nitrogen and oxygen atoms in total. The molecular formula is C17H17BrClNO. The lowest BCUT2D eigenvalue weighted by atomic mass is 10.1. The van der Waals surface area contributed by atoms with Crippen LogP contribution in [0.1, 0.15) is 29.7 Å². The fourth-order valence-electron chi connectivity index (χ4n) is 2.63. The summed E-state index contributed by atoms with van der Waals surface area (Å²) >= 11 is 9.63. The lowest BCUT2D eigenvalue weighted by Crippen LogP contribution is -2.18. The molecule has 2 aromatic rings. The predicted octanol–water partition coefficient (Wildman–Crippen LogP) is 4.89. The molecule has 0 radical (unpaired) electrons. The van der Waals surface area contributed by atoms with Gasteiger partial charge in [-0.3, -0.25) is 0 Å². The van der Waals surface area contributed by atoms with Crippen molar-refractivity contribution in [3.05, 3.63) is 62.6 Å². The molecule has 0 spiro atoms.